The minimum absolute atomic E-state index is 0.348. The number of benzene rings is 4. The Kier molecular flexibility index (Phi) is 5.62. The van der Waals surface area contributed by atoms with Crippen molar-refractivity contribution in [3.05, 3.63) is 129 Å². The zero-order valence-corrected chi connectivity index (χ0v) is 20.6. The van der Waals surface area contributed by atoms with Crippen molar-refractivity contribution < 1.29 is 4.79 Å². The van der Waals surface area contributed by atoms with Gasteiger partial charge in [-0.1, -0.05) is 66.2 Å². The largest absolute Gasteiger partial charge is 0.366 e. The fraction of sp³-hybridized carbons (Fsp3) is 0. The van der Waals surface area contributed by atoms with E-state index in [1.807, 2.05) is 36.4 Å². The van der Waals surface area contributed by atoms with Crippen LogP contribution in [0.3, 0.4) is 0 Å². The third kappa shape index (κ3) is 3.86. The highest BCUT2D eigenvalue weighted by atomic mass is 35.5. The molecule has 38 heavy (non-hydrogen) atoms. The van der Waals surface area contributed by atoms with Crippen LogP contribution in [-0.2, 0) is 0 Å². The van der Waals surface area contributed by atoms with Crippen LogP contribution in [0.5, 0.6) is 0 Å². The minimum Gasteiger partial charge on any atom is -0.366 e. The van der Waals surface area contributed by atoms with Crippen molar-refractivity contribution in [2.75, 3.05) is 0 Å². The van der Waals surface area contributed by atoms with E-state index in [2.05, 4.69) is 9.97 Å². The second kappa shape index (κ2) is 9.14. The summed E-state index contributed by atoms with van der Waals surface area (Å²) in [5.74, 6) is -0.508. The quantitative estimate of drug-likeness (QED) is 0.329. The van der Waals surface area contributed by atoms with Crippen LogP contribution in [0.15, 0.2) is 107 Å². The molecule has 0 fully saturated rings. The molecule has 1 amide bonds. The van der Waals surface area contributed by atoms with Gasteiger partial charge in [0, 0.05) is 33.1 Å². The summed E-state index contributed by atoms with van der Waals surface area (Å²) in [7, 11) is 0. The van der Waals surface area contributed by atoms with Gasteiger partial charge in [0.1, 0.15) is 0 Å². The third-order valence-electron chi connectivity index (χ3n) is 6.57. The van der Waals surface area contributed by atoms with Gasteiger partial charge in [-0.2, -0.15) is 0 Å². The number of aromatic amines is 1. The molecule has 0 saturated carbocycles. The van der Waals surface area contributed by atoms with Crippen LogP contribution in [0, 0.1) is 0 Å². The number of hydrogen-bond acceptors (Lipinski definition) is 4. The average Bonchev–Trinajstić information content (AvgIpc) is 2.93. The Hall–Kier alpha value is -5.01. The van der Waals surface area contributed by atoms with Gasteiger partial charge >= 0.3 is 5.69 Å². The molecular formula is C30H19ClN4O3. The van der Waals surface area contributed by atoms with Gasteiger partial charge in [0.2, 0.25) is 5.91 Å². The molecule has 184 valence electrons. The SMILES string of the molecule is NC(=O)c1ccc(-c2cccc(Cl)c2-c2ccc3c(=O)n(-c4cncc5ccccc45)c(=O)[nH]c3c2)cc1. The molecule has 7 nitrogen and oxygen atoms in total. The summed E-state index contributed by atoms with van der Waals surface area (Å²) in [4.78, 5) is 45.3. The molecular weight excluding hydrogens is 500 g/mol. The Morgan fingerprint density at radius 2 is 1.61 bits per heavy atom. The first-order valence-corrected chi connectivity index (χ1v) is 12.1. The molecule has 0 aliphatic carbocycles. The lowest BCUT2D eigenvalue weighted by Gasteiger charge is -2.14. The Labute approximate surface area is 220 Å². The van der Waals surface area contributed by atoms with E-state index in [4.69, 9.17) is 17.3 Å². The molecule has 0 spiro atoms. The number of nitrogens with zero attached hydrogens (tertiary/aromatic N) is 2. The highest BCUT2D eigenvalue weighted by molar-refractivity contribution is 6.34. The second-order valence-corrected chi connectivity index (χ2v) is 9.22. The number of amides is 1. The van der Waals surface area contributed by atoms with Crippen LogP contribution in [0.4, 0.5) is 0 Å². The molecule has 8 heteroatoms. The number of nitrogens with one attached hydrogen (secondary N) is 1. The summed E-state index contributed by atoms with van der Waals surface area (Å²) >= 11 is 6.65. The van der Waals surface area contributed by atoms with Gasteiger partial charge in [0.25, 0.3) is 5.56 Å². The van der Waals surface area contributed by atoms with Crippen LogP contribution >= 0.6 is 11.6 Å². The van der Waals surface area contributed by atoms with Gasteiger partial charge in [-0.15, -0.1) is 0 Å². The van der Waals surface area contributed by atoms with Gasteiger partial charge in [-0.25, -0.2) is 9.36 Å². The molecule has 0 aliphatic heterocycles. The van der Waals surface area contributed by atoms with Crippen molar-refractivity contribution in [3.63, 3.8) is 0 Å². The number of carbonyl (C=O) groups is 1. The van der Waals surface area contributed by atoms with Crippen LogP contribution in [-0.4, -0.2) is 20.4 Å². The van der Waals surface area contributed by atoms with E-state index in [1.54, 1.807) is 54.7 Å². The highest BCUT2D eigenvalue weighted by Gasteiger charge is 2.16. The first kappa shape index (κ1) is 23.4. The lowest BCUT2D eigenvalue weighted by atomic mass is 9.93. The molecule has 0 aliphatic rings. The zero-order valence-electron chi connectivity index (χ0n) is 19.8. The maximum absolute atomic E-state index is 13.5. The third-order valence-corrected chi connectivity index (χ3v) is 6.88. The summed E-state index contributed by atoms with van der Waals surface area (Å²) < 4.78 is 1.11. The van der Waals surface area contributed by atoms with E-state index in [0.29, 0.717) is 27.2 Å². The molecule has 6 rings (SSSR count). The zero-order chi connectivity index (χ0) is 26.4. The van der Waals surface area contributed by atoms with E-state index in [9.17, 15) is 14.4 Å². The van der Waals surface area contributed by atoms with E-state index in [-0.39, 0.29) is 0 Å². The van der Waals surface area contributed by atoms with Gasteiger partial charge < -0.3 is 10.7 Å². The molecule has 0 radical (unpaired) electrons. The molecule has 3 N–H and O–H groups in total. The minimum atomic E-state index is -0.570. The standard InChI is InChI=1S/C30H19ClN4O3/c31-24-7-3-6-22(17-8-10-18(11-9-17)28(32)36)27(24)19-12-13-23-25(14-19)34-30(38)35(29(23)37)26-16-33-15-20-4-1-2-5-21(20)26/h1-16H,(H2,32,36)(H,34,38). The van der Waals surface area contributed by atoms with E-state index in [1.165, 1.54) is 6.20 Å². The van der Waals surface area contributed by atoms with Crippen LogP contribution in [0.25, 0.3) is 49.6 Å². The van der Waals surface area contributed by atoms with E-state index < -0.39 is 17.2 Å². The van der Waals surface area contributed by atoms with Crippen molar-refractivity contribution in [2.24, 2.45) is 5.73 Å². The number of hydrogen-bond donors (Lipinski definition) is 2. The highest BCUT2D eigenvalue weighted by Crippen LogP contribution is 2.38. The second-order valence-electron chi connectivity index (χ2n) is 8.81. The number of carbonyl (C=O) groups excluding carboxylic acids is 1. The molecule has 0 atom stereocenters. The number of fused-ring (bicyclic) bond motifs is 2. The lowest BCUT2D eigenvalue weighted by Crippen LogP contribution is -2.33. The summed E-state index contributed by atoms with van der Waals surface area (Å²) in [6.07, 6.45) is 3.20. The predicted molar refractivity (Wildman–Crippen MR) is 150 cm³/mol. The van der Waals surface area contributed by atoms with Gasteiger partial charge in [-0.3, -0.25) is 14.6 Å². The molecule has 2 aromatic heterocycles. The number of H-pyrrole nitrogens is 1. The summed E-state index contributed by atoms with van der Waals surface area (Å²) in [6.45, 7) is 0. The van der Waals surface area contributed by atoms with Gasteiger partial charge in [0.15, 0.2) is 0 Å². The summed E-state index contributed by atoms with van der Waals surface area (Å²) in [5.41, 5.74) is 8.66. The first-order chi connectivity index (χ1) is 18.4. The van der Waals surface area contributed by atoms with Gasteiger partial charge in [0.05, 0.1) is 22.8 Å². The Morgan fingerprint density at radius 3 is 2.39 bits per heavy atom. The molecule has 0 bridgehead atoms. The van der Waals surface area contributed by atoms with Crippen molar-refractivity contribution in [1.29, 1.82) is 0 Å². The lowest BCUT2D eigenvalue weighted by molar-refractivity contribution is 0.100. The summed E-state index contributed by atoms with van der Waals surface area (Å²) in [5, 5.41) is 2.41. The first-order valence-electron chi connectivity index (χ1n) is 11.7. The van der Waals surface area contributed by atoms with Crippen molar-refractivity contribution in [3.8, 4) is 27.9 Å². The fourth-order valence-corrected chi connectivity index (χ4v) is 5.03. The van der Waals surface area contributed by atoms with Crippen molar-refractivity contribution in [2.45, 2.75) is 0 Å². The monoisotopic (exact) mass is 518 g/mol. The number of nitrogens with two attached hydrogens (primary N) is 1. The molecule has 6 aromatic rings. The van der Waals surface area contributed by atoms with Crippen LogP contribution < -0.4 is 17.0 Å². The fourth-order valence-electron chi connectivity index (χ4n) is 4.74. The molecule has 0 saturated heterocycles. The number of primary amides is 1. The molecule has 0 unspecified atom stereocenters. The maximum atomic E-state index is 13.5. The summed E-state index contributed by atoms with van der Waals surface area (Å²) in [6, 6.07) is 25.1. The topological polar surface area (TPSA) is 111 Å². The number of aromatic nitrogens is 3. The van der Waals surface area contributed by atoms with Crippen molar-refractivity contribution in [1.82, 2.24) is 14.5 Å². The van der Waals surface area contributed by atoms with Crippen molar-refractivity contribution >= 4 is 39.2 Å². The number of pyridine rings is 1. The molecule has 2 heterocycles. The van der Waals surface area contributed by atoms with E-state index >= 15 is 0 Å². The number of rotatable bonds is 4. The Morgan fingerprint density at radius 1 is 0.842 bits per heavy atom. The Balaban J connectivity index is 1.53. The predicted octanol–water partition coefficient (Wildman–Crippen LogP) is 5.31. The smallest absolute Gasteiger partial charge is 0.333 e. The van der Waals surface area contributed by atoms with E-state index in [0.717, 1.165) is 37.6 Å². The van der Waals surface area contributed by atoms with Gasteiger partial charge in [-0.05, 0) is 47.0 Å². The molecule has 4 aromatic carbocycles. The Bertz CT molecular complexity index is 2010. The maximum Gasteiger partial charge on any atom is 0.333 e. The van der Waals surface area contributed by atoms with Crippen LogP contribution in [0.2, 0.25) is 5.02 Å². The normalized spacial score (nSPS) is 11.2. The van der Waals surface area contributed by atoms with Crippen LogP contribution in [0.1, 0.15) is 10.4 Å². The number of halogens is 1. The average molecular weight is 519 g/mol.